The SMILES string of the molecule is COC1(OC)[C@@]2(Cl)C(=O)C(=O)[C@]1(Cl)[C@@H]1COC[C@@H]12. The first-order valence-electron chi connectivity index (χ1n) is 5.57. The monoisotopic (exact) mass is 294 g/mol. The number of carbonyl (C=O) groups excluding carboxylic acids is 2. The molecule has 7 heteroatoms. The van der Waals surface area contributed by atoms with Crippen molar-refractivity contribution in [2.75, 3.05) is 27.4 Å². The summed E-state index contributed by atoms with van der Waals surface area (Å²) in [6.45, 7) is 0.548. The van der Waals surface area contributed by atoms with Crippen molar-refractivity contribution in [2.24, 2.45) is 11.8 Å². The molecule has 1 aliphatic heterocycles. The highest BCUT2D eigenvalue weighted by Crippen LogP contribution is 2.68. The number of methoxy groups -OCH3 is 2. The molecule has 2 bridgehead atoms. The summed E-state index contributed by atoms with van der Waals surface area (Å²) >= 11 is 12.9. The van der Waals surface area contributed by atoms with Gasteiger partial charge in [0.15, 0.2) is 9.75 Å². The number of ketones is 2. The first kappa shape index (κ1) is 12.8. The fraction of sp³-hybridized carbons (Fsp3) is 0.818. The number of fused-ring (bicyclic) bond motifs is 5. The molecule has 1 heterocycles. The number of halogens is 2. The van der Waals surface area contributed by atoms with Gasteiger partial charge in [0.25, 0.3) is 0 Å². The fourth-order valence-electron chi connectivity index (χ4n) is 3.73. The largest absolute Gasteiger partial charge is 0.381 e. The highest BCUT2D eigenvalue weighted by atomic mass is 35.5. The minimum atomic E-state index is -1.63. The van der Waals surface area contributed by atoms with Crippen molar-refractivity contribution in [2.45, 2.75) is 15.5 Å². The van der Waals surface area contributed by atoms with Crippen LogP contribution in [0.1, 0.15) is 0 Å². The van der Waals surface area contributed by atoms with Crippen molar-refractivity contribution < 1.29 is 23.8 Å². The lowest BCUT2D eigenvalue weighted by atomic mass is 9.79. The second kappa shape index (κ2) is 3.46. The van der Waals surface area contributed by atoms with E-state index in [0.717, 1.165) is 0 Å². The highest BCUT2D eigenvalue weighted by molar-refractivity contribution is 6.66. The van der Waals surface area contributed by atoms with Crippen molar-refractivity contribution in [3.8, 4) is 0 Å². The minimum Gasteiger partial charge on any atom is -0.381 e. The van der Waals surface area contributed by atoms with E-state index >= 15 is 0 Å². The van der Waals surface area contributed by atoms with Crippen LogP contribution in [-0.2, 0) is 23.8 Å². The Balaban J connectivity index is 2.30. The molecule has 0 spiro atoms. The second-order valence-electron chi connectivity index (χ2n) is 4.86. The Morgan fingerprint density at radius 1 is 1.06 bits per heavy atom. The predicted octanol–water partition coefficient (Wildman–Crippen LogP) is 0.359. The van der Waals surface area contributed by atoms with Crippen molar-refractivity contribution in [3.63, 3.8) is 0 Å². The number of carbonyl (C=O) groups is 2. The van der Waals surface area contributed by atoms with Gasteiger partial charge in [-0.3, -0.25) is 9.59 Å². The Kier molecular flexibility index (Phi) is 2.47. The van der Waals surface area contributed by atoms with Gasteiger partial charge < -0.3 is 14.2 Å². The Bertz CT molecular complexity index is 413. The number of alkyl halides is 2. The lowest BCUT2D eigenvalue weighted by Crippen LogP contribution is -2.58. The molecule has 0 aromatic carbocycles. The molecule has 2 saturated carbocycles. The Morgan fingerprint density at radius 2 is 1.44 bits per heavy atom. The summed E-state index contributed by atoms with van der Waals surface area (Å²) in [6, 6.07) is 0. The summed E-state index contributed by atoms with van der Waals surface area (Å²) in [6.07, 6.45) is 0. The number of ether oxygens (including phenoxy) is 3. The maximum absolute atomic E-state index is 12.2. The molecule has 3 fully saturated rings. The third kappa shape index (κ3) is 0.906. The van der Waals surface area contributed by atoms with E-state index in [2.05, 4.69) is 0 Å². The summed E-state index contributed by atoms with van der Waals surface area (Å²) in [5, 5.41) is 0. The van der Waals surface area contributed by atoms with Crippen molar-refractivity contribution in [3.05, 3.63) is 0 Å². The predicted molar refractivity (Wildman–Crippen MR) is 61.7 cm³/mol. The molecule has 5 nitrogen and oxygen atoms in total. The van der Waals surface area contributed by atoms with Crippen LogP contribution in [0.5, 0.6) is 0 Å². The third-order valence-corrected chi connectivity index (χ3v) is 5.90. The fourth-order valence-corrected chi connectivity index (χ4v) is 4.99. The van der Waals surface area contributed by atoms with Gasteiger partial charge in [0.1, 0.15) is 0 Å². The zero-order chi connectivity index (χ0) is 13.3. The van der Waals surface area contributed by atoms with E-state index in [1.54, 1.807) is 0 Å². The van der Waals surface area contributed by atoms with Crippen LogP contribution in [-0.4, -0.2) is 54.5 Å². The van der Waals surface area contributed by atoms with Crippen LogP contribution in [0.4, 0.5) is 0 Å². The molecule has 0 aromatic rings. The number of rotatable bonds is 2. The van der Waals surface area contributed by atoms with Crippen LogP contribution in [0.2, 0.25) is 0 Å². The van der Waals surface area contributed by atoms with Crippen LogP contribution in [0, 0.1) is 11.8 Å². The van der Waals surface area contributed by atoms with Gasteiger partial charge in [-0.25, -0.2) is 0 Å². The molecular weight excluding hydrogens is 283 g/mol. The quantitative estimate of drug-likeness (QED) is 0.418. The Hall–Kier alpha value is -0.200. The van der Waals surface area contributed by atoms with Crippen molar-refractivity contribution in [1.29, 1.82) is 0 Å². The van der Waals surface area contributed by atoms with Crippen molar-refractivity contribution >= 4 is 34.8 Å². The molecule has 0 radical (unpaired) electrons. The summed E-state index contributed by atoms with van der Waals surface area (Å²) in [4.78, 5) is 21.2. The van der Waals surface area contributed by atoms with Gasteiger partial charge in [-0.2, -0.15) is 0 Å². The normalized spacial score (nSPS) is 48.9. The maximum Gasteiger partial charge on any atom is 0.227 e. The summed E-state index contributed by atoms with van der Waals surface area (Å²) in [5.41, 5.74) is 0. The molecule has 18 heavy (non-hydrogen) atoms. The van der Waals surface area contributed by atoms with Crippen LogP contribution >= 0.6 is 23.2 Å². The van der Waals surface area contributed by atoms with E-state index in [-0.39, 0.29) is 25.0 Å². The molecule has 2 aliphatic carbocycles. The zero-order valence-corrected chi connectivity index (χ0v) is 11.4. The van der Waals surface area contributed by atoms with Crippen molar-refractivity contribution in [1.82, 2.24) is 0 Å². The molecular formula is C11H12Cl2O5. The lowest BCUT2D eigenvalue weighted by Gasteiger charge is -2.38. The highest BCUT2D eigenvalue weighted by Gasteiger charge is 2.90. The van der Waals surface area contributed by atoms with Gasteiger partial charge in [0.05, 0.1) is 13.2 Å². The van der Waals surface area contributed by atoms with Gasteiger partial charge in [0.2, 0.25) is 17.4 Å². The Morgan fingerprint density at radius 3 is 1.78 bits per heavy atom. The first-order valence-corrected chi connectivity index (χ1v) is 6.32. The lowest BCUT2D eigenvalue weighted by molar-refractivity contribution is -0.225. The molecule has 100 valence electrons. The van der Waals surface area contributed by atoms with Crippen LogP contribution in [0.3, 0.4) is 0 Å². The topological polar surface area (TPSA) is 61.8 Å². The summed E-state index contributed by atoms with van der Waals surface area (Å²) in [5.74, 6) is -3.86. The molecule has 3 aliphatic rings. The smallest absolute Gasteiger partial charge is 0.227 e. The minimum absolute atomic E-state index is 0.274. The standard InChI is InChI=1S/C11H12Cl2O5/c1-16-11(17-2)9(12)5-3-18-4-6(5)10(11,13)8(15)7(9)14/h5-6H,3-4H2,1-2H3/t5-,6+,9-,10+. The summed E-state index contributed by atoms with van der Waals surface area (Å²) < 4.78 is 16.0. The molecule has 0 aromatic heterocycles. The second-order valence-corrected chi connectivity index (χ2v) is 6.05. The van der Waals surface area contributed by atoms with Gasteiger partial charge >= 0.3 is 0 Å². The average molecular weight is 295 g/mol. The van der Waals surface area contributed by atoms with E-state index in [1.807, 2.05) is 0 Å². The summed E-state index contributed by atoms with van der Waals surface area (Å²) in [7, 11) is 2.68. The van der Waals surface area contributed by atoms with E-state index in [1.165, 1.54) is 14.2 Å². The Labute approximate surface area is 114 Å². The van der Waals surface area contributed by atoms with Crippen LogP contribution < -0.4 is 0 Å². The van der Waals surface area contributed by atoms with Gasteiger partial charge in [0, 0.05) is 26.1 Å². The molecule has 0 unspecified atom stereocenters. The maximum atomic E-state index is 12.2. The molecule has 4 atom stereocenters. The van der Waals surface area contributed by atoms with E-state index in [4.69, 9.17) is 37.4 Å². The molecule has 0 N–H and O–H groups in total. The number of Topliss-reactive ketones (excluding diaryl/α,β-unsaturated/α-hetero) is 2. The van der Waals surface area contributed by atoms with E-state index in [0.29, 0.717) is 0 Å². The van der Waals surface area contributed by atoms with E-state index in [9.17, 15) is 9.59 Å². The third-order valence-electron chi connectivity index (χ3n) is 4.50. The zero-order valence-electron chi connectivity index (χ0n) is 9.87. The van der Waals surface area contributed by atoms with Crippen LogP contribution in [0.25, 0.3) is 0 Å². The van der Waals surface area contributed by atoms with Crippen LogP contribution in [0.15, 0.2) is 0 Å². The van der Waals surface area contributed by atoms with E-state index < -0.39 is 27.1 Å². The molecule has 3 rings (SSSR count). The first-order chi connectivity index (χ1) is 8.41. The average Bonchev–Trinajstić information content (AvgIpc) is 2.94. The molecule has 0 amide bonds. The van der Waals surface area contributed by atoms with Gasteiger partial charge in [-0.15, -0.1) is 23.2 Å². The van der Waals surface area contributed by atoms with Gasteiger partial charge in [-0.1, -0.05) is 0 Å². The molecule has 1 saturated heterocycles. The van der Waals surface area contributed by atoms with Gasteiger partial charge in [-0.05, 0) is 0 Å². The number of hydrogen-bond acceptors (Lipinski definition) is 5. The number of hydrogen-bond donors (Lipinski definition) is 0.